The number of aliphatic hydroxyl groups excluding tert-OH is 1. The van der Waals surface area contributed by atoms with Crippen molar-refractivity contribution in [2.45, 2.75) is 26.7 Å². The van der Waals surface area contributed by atoms with Crippen LogP contribution < -0.4 is 10.2 Å². The number of nitrogens with one attached hydrogen (secondary N) is 1. The van der Waals surface area contributed by atoms with Gasteiger partial charge in [-0.15, -0.1) is 11.3 Å². The number of nitrogens with zero attached hydrogens (tertiary/aromatic N) is 3. The first-order chi connectivity index (χ1) is 10.2. The molecule has 5 nitrogen and oxygen atoms in total. The van der Waals surface area contributed by atoms with Crippen LogP contribution in [0, 0.1) is 12.8 Å². The second kappa shape index (κ2) is 6.15. The molecule has 2 aromatic rings. The van der Waals surface area contributed by atoms with Crippen LogP contribution in [0.3, 0.4) is 0 Å². The fourth-order valence-electron chi connectivity index (χ4n) is 2.83. The molecule has 1 saturated heterocycles. The summed E-state index contributed by atoms with van der Waals surface area (Å²) < 4.78 is 0. The predicted octanol–water partition coefficient (Wildman–Crippen LogP) is 2.64. The van der Waals surface area contributed by atoms with Gasteiger partial charge in [-0.1, -0.05) is 0 Å². The van der Waals surface area contributed by atoms with Gasteiger partial charge in [0.15, 0.2) is 0 Å². The van der Waals surface area contributed by atoms with Gasteiger partial charge in [0.1, 0.15) is 10.6 Å². The Labute approximate surface area is 129 Å². The topological polar surface area (TPSA) is 61.3 Å². The van der Waals surface area contributed by atoms with Crippen LogP contribution >= 0.6 is 11.3 Å². The van der Waals surface area contributed by atoms with E-state index in [1.165, 1.54) is 4.88 Å². The molecule has 1 aliphatic rings. The van der Waals surface area contributed by atoms with Gasteiger partial charge in [-0.2, -0.15) is 4.98 Å². The first-order valence-electron chi connectivity index (χ1n) is 7.59. The summed E-state index contributed by atoms with van der Waals surface area (Å²) in [5, 5.41) is 13.7. The van der Waals surface area contributed by atoms with Crippen molar-refractivity contribution in [3.05, 3.63) is 10.9 Å². The number of aliphatic hydroxyl groups is 1. The van der Waals surface area contributed by atoms with E-state index in [1.807, 2.05) is 0 Å². The van der Waals surface area contributed by atoms with Crippen LogP contribution in [0.5, 0.6) is 0 Å². The highest BCUT2D eigenvalue weighted by molar-refractivity contribution is 7.18. The molecule has 0 saturated carbocycles. The van der Waals surface area contributed by atoms with Crippen LogP contribution in [0.4, 0.5) is 11.8 Å². The van der Waals surface area contributed by atoms with E-state index < -0.39 is 0 Å². The molecule has 0 amide bonds. The first-order valence-corrected chi connectivity index (χ1v) is 8.40. The maximum Gasteiger partial charge on any atom is 0.226 e. The van der Waals surface area contributed by atoms with Crippen LogP contribution in [0.25, 0.3) is 10.2 Å². The lowest BCUT2D eigenvalue weighted by Crippen LogP contribution is -2.35. The molecule has 2 aromatic heterocycles. The standard InChI is InChI=1S/C15H22N4OS/c1-3-16-15-17-13(12-8-10(2)21-14(12)18-15)19-6-4-11(9-20)5-7-19/h8,11,20H,3-7,9H2,1-2H3,(H,16,17,18). The van der Waals surface area contributed by atoms with Gasteiger partial charge in [-0.25, -0.2) is 4.98 Å². The predicted molar refractivity (Wildman–Crippen MR) is 88.3 cm³/mol. The van der Waals surface area contributed by atoms with Crippen molar-refractivity contribution in [1.82, 2.24) is 9.97 Å². The molecule has 0 spiro atoms. The molecule has 1 aliphatic heterocycles. The molecule has 0 unspecified atom stereocenters. The van der Waals surface area contributed by atoms with Gasteiger partial charge in [0.25, 0.3) is 0 Å². The number of anilines is 2. The van der Waals surface area contributed by atoms with E-state index in [9.17, 15) is 5.11 Å². The Morgan fingerprint density at radius 1 is 1.38 bits per heavy atom. The van der Waals surface area contributed by atoms with Crippen molar-refractivity contribution in [3.8, 4) is 0 Å². The van der Waals surface area contributed by atoms with Gasteiger partial charge in [0.05, 0.1) is 5.39 Å². The van der Waals surface area contributed by atoms with Crippen LogP contribution in [0.2, 0.25) is 0 Å². The lowest BCUT2D eigenvalue weighted by Gasteiger charge is -2.32. The third kappa shape index (κ3) is 2.96. The molecule has 6 heteroatoms. The van der Waals surface area contributed by atoms with Crippen molar-refractivity contribution in [2.75, 3.05) is 36.5 Å². The SMILES string of the molecule is CCNc1nc(N2CCC(CO)CC2)c2cc(C)sc2n1. The van der Waals surface area contributed by atoms with E-state index in [0.29, 0.717) is 18.5 Å². The van der Waals surface area contributed by atoms with Crippen LogP contribution in [-0.4, -0.2) is 41.3 Å². The fraction of sp³-hybridized carbons (Fsp3) is 0.600. The molecule has 1 fully saturated rings. The molecule has 0 aliphatic carbocycles. The minimum absolute atomic E-state index is 0.299. The van der Waals surface area contributed by atoms with E-state index >= 15 is 0 Å². The molecule has 3 rings (SSSR count). The van der Waals surface area contributed by atoms with Gasteiger partial charge in [-0.05, 0) is 38.7 Å². The number of aryl methyl sites for hydroxylation is 1. The summed E-state index contributed by atoms with van der Waals surface area (Å²) in [6.07, 6.45) is 2.06. The number of aromatic nitrogens is 2. The van der Waals surface area contributed by atoms with E-state index in [2.05, 4.69) is 35.1 Å². The Morgan fingerprint density at radius 2 is 2.14 bits per heavy atom. The summed E-state index contributed by atoms with van der Waals surface area (Å²) in [5.74, 6) is 2.19. The lowest BCUT2D eigenvalue weighted by molar-refractivity contribution is 0.203. The summed E-state index contributed by atoms with van der Waals surface area (Å²) in [6, 6.07) is 2.18. The molecule has 0 aromatic carbocycles. The Kier molecular flexibility index (Phi) is 4.26. The monoisotopic (exact) mass is 306 g/mol. The first kappa shape index (κ1) is 14.5. The summed E-state index contributed by atoms with van der Waals surface area (Å²) in [6.45, 7) is 7.20. The maximum absolute atomic E-state index is 9.28. The number of fused-ring (bicyclic) bond motifs is 1. The number of piperidine rings is 1. The quantitative estimate of drug-likeness (QED) is 0.909. The van der Waals surface area contributed by atoms with Crippen molar-refractivity contribution in [2.24, 2.45) is 5.92 Å². The van der Waals surface area contributed by atoms with Crippen LogP contribution in [0.15, 0.2) is 6.07 Å². The molecule has 114 valence electrons. The maximum atomic E-state index is 9.28. The van der Waals surface area contributed by atoms with E-state index in [1.54, 1.807) is 11.3 Å². The van der Waals surface area contributed by atoms with Gasteiger partial charge in [-0.3, -0.25) is 0 Å². The summed E-state index contributed by atoms with van der Waals surface area (Å²) >= 11 is 1.72. The minimum Gasteiger partial charge on any atom is -0.396 e. The average Bonchev–Trinajstić information content (AvgIpc) is 2.87. The highest BCUT2D eigenvalue weighted by Gasteiger charge is 2.22. The number of hydrogen-bond donors (Lipinski definition) is 2. The second-order valence-electron chi connectivity index (χ2n) is 5.59. The Morgan fingerprint density at radius 3 is 2.81 bits per heavy atom. The summed E-state index contributed by atoms with van der Waals surface area (Å²) in [7, 11) is 0. The largest absolute Gasteiger partial charge is 0.396 e. The molecule has 21 heavy (non-hydrogen) atoms. The molecule has 3 heterocycles. The fourth-order valence-corrected chi connectivity index (χ4v) is 3.71. The third-order valence-electron chi connectivity index (χ3n) is 4.00. The third-order valence-corrected chi connectivity index (χ3v) is 4.95. The molecular formula is C15H22N4OS. The highest BCUT2D eigenvalue weighted by atomic mass is 32.1. The zero-order chi connectivity index (χ0) is 14.8. The van der Waals surface area contributed by atoms with Gasteiger partial charge in [0.2, 0.25) is 5.95 Å². The Hall–Kier alpha value is -1.40. The van der Waals surface area contributed by atoms with Crippen LogP contribution in [0.1, 0.15) is 24.6 Å². The smallest absolute Gasteiger partial charge is 0.226 e. The van der Waals surface area contributed by atoms with Gasteiger partial charge in [0, 0.05) is 31.1 Å². The summed E-state index contributed by atoms with van der Waals surface area (Å²) in [5.41, 5.74) is 0. The molecule has 2 N–H and O–H groups in total. The normalized spacial score (nSPS) is 16.6. The van der Waals surface area contributed by atoms with Gasteiger partial charge >= 0.3 is 0 Å². The minimum atomic E-state index is 0.299. The number of hydrogen-bond acceptors (Lipinski definition) is 6. The van der Waals surface area contributed by atoms with Crippen molar-refractivity contribution >= 4 is 33.3 Å². The summed E-state index contributed by atoms with van der Waals surface area (Å²) in [4.78, 5) is 14.0. The average molecular weight is 306 g/mol. The molecular weight excluding hydrogens is 284 g/mol. The zero-order valence-electron chi connectivity index (χ0n) is 12.6. The van der Waals surface area contributed by atoms with E-state index in [0.717, 1.165) is 48.5 Å². The molecule has 0 radical (unpaired) electrons. The van der Waals surface area contributed by atoms with Gasteiger partial charge < -0.3 is 15.3 Å². The highest BCUT2D eigenvalue weighted by Crippen LogP contribution is 2.33. The second-order valence-corrected chi connectivity index (χ2v) is 6.82. The zero-order valence-corrected chi connectivity index (χ0v) is 13.4. The Bertz CT molecular complexity index is 619. The van der Waals surface area contributed by atoms with Crippen LogP contribution in [-0.2, 0) is 0 Å². The number of rotatable bonds is 4. The van der Waals surface area contributed by atoms with Crippen molar-refractivity contribution in [1.29, 1.82) is 0 Å². The van der Waals surface area contributed by atoms with Crippen molar-refractivity contribution in [3.63, 3.8) is 0 Å². The lowest BCUT2D eigenvalue weighted by atomic mass is 9.98. The molecule has 0 bridgehead atoms. The van der Waals surface area contributed by atoms with Crippen molar-refractivity contribution < 1.29 is 5.11 Å². The van der Waals surface area contributed by atoms with E-state index in [4.69, 9.17) is 4.98 Å². The number of thiophene rings is 1. The Balaban J connectivity index is 1.96. The van der Waals surface area contributed by atoms with E-state index in [-0.39, 0.29) is 0 Å². The molecule has 0 atom stereocenters.